The van der Waals surface area contributed by atoms with Gasteiger partial charge in [0.15, 0.2) is 0 Å². The predicted molar refractivity (Wildman–Crippen MR) is 277 cm³/mol. The number of likely N-dealkylation sites (N-methyl/N-ethyl adjacent to an activating group) is 2. The Balaban J connectivity index is 1.32. The van der Waals surface area contributed by atoms with Gasteiger partial charge in [-0.05, 0) is 101 Å². The van der Waals surface area contributed by atoms with Crippen LogP contribution in [0.4, 0.5) is 5.69 Å². The molecule has 4 N–H and O–H groups in total. The van der Waals surface area contributed by atoms with Crippen LogP contribution in [0.3, 0.4) is 0 Å². The molecular formula is C54H84N8O11. The molecule has 1 aromatic rings. The predicted octanol–water partition coefficient (Wildman–Crippen LogP) is 3.96. The second-order valence-electron chi connectivity index (χ2n) is 20.5. The average Bonchev–Trinajstić information content (AvgIpc) is 4.08. The Morgan fingerprint density at radius 1 is 0.904 bits per heavy atom. The third-order valence-electron chi connectivity index (χ3n) is 15.1. The van der Waals surface area contributed by atoms with Gasteiger partial charge in [0.1, 0.15) is 12.1 Å². The highest BCUT2D eigenvalue weighted by Crippen LogP contribution is 2.31. The molecule has 1 aromatic carbocycles. The number of hydrogen-bond acceptors (Lipinski definition) is 13. The fourth-order valence-electron chi connectivity index (χ4n) is 10.2. The van der Waals surface area contributed by atoms with E-state index < -0.39 is 60.1 Å². The summed E-state index contributed by atoms with van der Waals surface area (Å²) in [5, 5.41) is 11.6. The summed E-state index contributed by atoms with van der Waals surface area (Å²) in [6.45, 7) is 13.6. The Bertz CT molecular complexity index is 2100. The van der Waals surface area contributed by atoms with Gasteiger partial charge in [-0.2, -0.15) is 0 Å². The number of esters is 1. The third kappa shape index (κ3) is 16.7. The molecule has 7 amide bonds. The van der Waals surface area contributed by atoms with Gasteiger partial charge < -0.3 is 45.3 Å². The number of rotatable bonds is 29. The van der Waals surface area contributed by atoms with Gasteiger partial charge in [0, 0.05) is 70.6 Å². The van der Waals surface area contributed by atoms with Gasteiger partial charge in [-0.3, -0.25) is 43.4 Å². The molecule has 0 radical (unpaired) electrons. The summed E-state index contributed by atoms with van der Waals surface area (Å²) in [7, 11) is 8.23. The van der Waals surface area contributed by atoms with E-state index in [4.69, 9.17) is 14.2 Å². The van der Waals surface area contributed by atoms with Crippen LogP contribution in [0, 0.1) is 17.8 Å². The van der Waals surface area contributed by atoms with Crippen molar-refractivity contribution in [2.75, 3.05) is 66.9 Å². The summed E-state index contributed by atoms with van der Waals surface area (Å²) in [5.74, 6) is -3.57. The zero-order valence-electron chi connectivity index (χ0n) is 45.2. The van der Waals surface area contributed by atoms with Crippen LogP contribution in [0.2, 0.25) is 0 Å². The highest BCUT2D eigenvalue weighted by atomic mass is 16.5. The molecule has 0 saturated carbocycles. The number of benzene rings is 1. The van der Waals surface area contributed by atoms with E-state index in [0.717, 1.165) is 30.7 Å². The van der Waals surface area contributed by atoms with Crippen molar-refractivity contribution in [3.05, 3.63) is 54.3 Å². The molecule has 9 atom stereocenters. The van der Waals surface area contributed by atoms with Crippen molar-refractivity contribution in [1.29, 1.82) is 0 Å². The molecule has 0 bridgehead atoms. The molecule has 0 spiro atoms. The van der Waals surface area contributed by atoms with E-state index in [1.165, 1.54) is 26.4 Å². The van der Waals surface area contributed by atoms with Crippen molar-refractivity contribution < 1.29 is 52.6 Å². The van der Waals surface area contributed by atoms with E-state index in [1.54, 1.807) is 55.1 Å². The van der Waals surface area contributed by atoms with Crippen molar-refractivity contribution in [2.24, 2.45) is 17.8 Å². The molecule has 73 heavy (non-hydrogen) atoms. The summed E-state index contributed by atoms with van der Waals surface area (Å²) in [4.78, 5) is 111. The zero-order valence-corrected chi connectivity index (χ0v) is 45.2. The normalized spacial score (nSPS) is 20.9. The van der Waals surface area contributed by atoms with Gasteiger partial charge in [0.25, 0.3) is 11.8 Å². The maximum atomic E-state index is 14.4. The van der Waals surface area contributed by atoms with Crippen LogP contribution >= 0.6 is 0 Å². The number of hydrogen-bond donors (Lipinski definition) is 4. The second-order valence-corrected chi connectivity index (χ2v) is 20.5. The van der Waals surface area contributed by atoms with E-state index in [-0.39, 0.29) is 72.7 Å². The van der Waals surface area contributed by atoms with Gasteiger partial charge in [0.2, 0.25) is 29.5 Å². The maximum absolute atomic E-state index is 14.4. The highest BCUT2D eigenvalue weighted by molar-refractivity contribution is 6.12. The first-order valence-electron chi connectivity index (χ1n) is 26.0. The van der Waals surface area contributed by atoms with Gasteiger partial charge >= 0.3 is 5.97 Å². The van der Waals surface area contributed by atoms with E-state index in [1.807, 2.05) is 20.0 Å². The number of likely N-dealkylation sites (tertiary alicyclic amines) is 2. The molecule has 19 heteroatoms. The lowest BCUT2D eigenvalue weighted by molar-refractivity contribution is -0.148. The Kier molecular flexibility index (Phi) is 23.5. The Hall–Kier alpha value is -5.66. The summed E-state index contributed by atoms with van der Waals surface area (Å²) in [6.07, 6.45) is 11.4. The summed E-state index contributed by atoms with van der Waals surface area (Å²) in [6, 6.07) is 4.31. The van der Waals surface area contributed by atoms with Gasteiger partial charge in [-0.1, -0.05) is 59.6 Å². The number of ether oxygens (including phenoxy) is 3. The van der Waals surface area contributed by atoms with Crippen LogP contribution in [0.15, 0.2) is 48.7 Å². The molecule has 2 fully saturated rings. The number of amides is 7. The van der Waals surface area contributed by atoms with Crippen molar-refractivity contribution in [2.45, 2.75) is 154 Å². The molecule has 3 heterocycles. The Labute approximate surface area is 432 Å². The van der Waals surface area contributed by atoms with E-state index in [0.29, 0.717) is 56.4 Å². The molecule has 0 unspecified atom stereocenters. The maximum Gasteiger partial charge on any atom is 0.328 e. The first-order chi connectivity index (χ1) is 34.7. The molecule has 0 aromatic heterocycles. The number of imide groups is 1. The average molecular weight is 1020 g/mol. The number of unbranched alkanes of at least 4 members (excludes halogenated alkanes) is 2. The van der Waals surface area contributed by atoms with Crippen LogP contribution in [-0.4, -0.2) is 170 Å². The number of carbonyl (C=O) groups excluding carboxylic acids is 8. The largest absolute Gasteiger partial charge is 0.467 e. The summed E-state index contributed by atoms with van der Waals surface area (Å²) in [5.41, 5.74) is 1.05. The monoisotopic (exact) mass is 1020 g/mol. The van der Waals surface area contributed by atoms with Crippen LogP contribution in [0.25, 0.3) is 0 Å². The standard InChI is InChI=1S/C54H84N8O11/c1-12-36(4)49(60(8)52(69)48(35(2)3)55-28-27-54(6)26-17-29-59(54)7)42(71-9)33-47(67)61-31-16-18-41(61)50(72-10)37(5)51(68)58-40(53(70)73-11)32-38-20-22-39(23-21-38)57-44(64)34-56-43(63)19-14-13-15-30-62-45(65)24-25-46(62)66/h20-25,27-28,35-37,40-42,48-50,55H,12-19,26,29-34H2,1-11H3,(H,56,63)(H,57,64)(H,58,68)/b28-27+/t36-,37+,40-,41-,42+,48-,49-,50+,54+/m0/s1. The minimum atomic E-state index is -1.06. The molecule has 3 aliphatic heterocycles. The van der Waals surface area contributed by atoms with Gasteiger partial charge in [-0.15, -0.1) is 0 Å². The molecule has 19 nitrogen and oxygen atoms in total. The summed E-state index contributed by atoms with van der Waals surface area (Å²) < 4.78 is 17.2. The molecule has 4 rings (SSSR count). The Morgan fingerprint density at radius 3 is 2.18 bits per heavy atom. The number of nitrogens with one attached hydrogen (secondary N) is 4. The number of methoxy groups -OCH3 is 3. The molecule has 2 saturated heterocycles. The van der Waals surface area contributed by atoms with Crippen LogP contribution in [0.5, 0.6) is 0 Å². The van der Waals surface area contributed by atoms with E-state index in [2.05, 4.69) is 60.1 Å². The first kappa shape index (κ1) is 59.9. The zero-order chi connectivity index (χ0) is 54.0. The molecular weight excluding hydrogens is 937 g/mol. The second kappa shape index (κ2) is 28.7. The van der Waals surface area contributed by atoms with Crippen LogP contribution < -0.4 is 21.3 Å². The first-order valence-corrected chi connectivity index (χ1v) is 26.0. The quantitative estimate of drug-likeness (QED) is 0.0508. The fourth-order valence-corrected chi connectivity index (χ4v) is 10.2. The lowest BCUT2D eigenvalue weighted by Crippen LogP contribution is -2.56. The minimum absolute atomic E-state index is 0.00146. The number of anilines is 1. The topological polar surface area (TPSA) is 225 Å². The van der Waals surface area contributed by atoms with Crippen LogP contribution in [0.1, 0.15) is 111 Å². The van der Waals surface area contributed by atoms with E-state index >= 15 is 0 Å². The van der Waals surface area contributed by atoms with Crippen molar-refractivity contribution in [1.82, 2.24) is 35.6 Å². The smallest absolute Gasteiger partial charge is 0.328 e. The fraction of sp³-hybridized carbons (Fsp3) is 0.667. The van der Waals surface area contributed by atoms with Gasteiger partial charge in [-0.25, -0.2) is 4.79 Å². The number of nitrogens with zero attached hydrogens (tertiary/aromatic N) is 4. The number of carbonyl (C=O) groups is 8. The lowest BCUT2D eigenvalue weighted by atomic mass is 9.89. The highest BCUT2D eigenvalue weighted by Gasteiger charge is 2.43. The minimum Gasteiger partial charge on any atom is -0.467 e. The third-order valence-corrected chi connectivity index (χ3v) is 15.1. The lowest BCUT2D eigenvalue weighted by Gasteiger charge is -2.41. The van der Waals surface area contributed by atoms with Crippen LogP contribution in [-0.2, 0) is 59.0 Å². The molecule has 3 aliphatic rings. The SMILES string of the molecule is CC[C@H](C)[C@@H]([C@@H](CC(=O)N1CCC[C@H]1[C@H](OC)[C@@H](C)C(=O)N[C@@H](Cc1ccc(NC(=O)CNC(=O)CCCCCN2C(=O)C=CC2=O)cc1)C(=O)OC)OC)N(C)C(=O)[C@@H](N/C=C/[C@@]1(C)CCCN1C)C(C)C. The molecule has 0 aliphatic carbocycles. The van der Waals surface area contributed by atoms with E-state index in [9.17, 15) is 38.4 Å². The van der Waals surface area contributed by atoms with Crippen molar-refractivity contribution in [3.63, 3.8) is 0 Å². The van der Waals surface area contributed by atoms with Gasteiger partial charge in [0.05, 0.1) is 50.3 Å². The molecule has 406 valence electrons. The van der Waals surface area contributed by atoms with Crippen molar-refractivity contribution >= 4 is 53.0 Å². The Morgan fingerprint density at radius 2 is 1.59 bits per heavy atom. The van der Waals surface area contributed by atoms with Crippen molar-refractivity contribution in [3.8, 4) is 0 Å². The summed E-state index contributed by atoms with van der Waals surface area (Å²) >= 11 is 0.